The molecule has 0 bridgehead atoms. The number of ether oxygens (including phenoxy) is 3. The van der Waals surface area contributed by atoms with Gasteiger partial charge in [0.05, 0.1) is 18.3 Å². The van der Waals surface area contributed by atoms with Gasteiger partial charge in [-0.15, -0.1) is 0 Å². The Kier molecular flexibility index (Phi) is 10.8. The molecule has 1 unspecified atom stereocenters. The number of esters is 1. The van der Waals surface area contributed by atoms with E-state index in [4.69, 9.17) is 14.2 Å². The van der Waals surface area contributed by atoms with Crippen LogP contribution in [-0.4, -0.2) is 19.2 Å². The quantitative estimate of drug-likeness (QED) is 0.134. The first-order valence-corrected chi connectivity index (χ1v) is 12.9. The van der Waals surface area contributed by atoms with Crippen LogP contribution in [0.15, 0.2) is 72.8 Å². The zero-order valence-electron chi connectivity index (χ0n) is 21.3. The van der Waals surface area contributed by atoms with E-state index in [2.05, 4.69) is 19.1 Å². The molecule has 0 saturated heterocycles. The minimum atomic E-state index is -0.375. The SMILES string of the molecule is CCCCCCCCOc1ccc(-c2ccc(OC(=O)c3ccc(C(C)OCC)cc3)cc2)cc1. The maximum absolute atomic E-state index is 12.5. The lowest BCUT2D eigenvalue weighted by atomic mass is 10.1. The van der Waals surface area contributed by atoms with Crippen molar-refractivity contribution in [1.29, 1.82) is 0 Å². The van der Waals surface area contributed by atoms with Gasteiger partial charge in [0.15, 0.2) is 0 Å². The predicted molar refractivity (Wildman–Crippen MR) is 142 cm³/mol. The summed E-state index contributed by atoms with van der Waals surface area (Å²) in [6.45, 7) is 7.62. The molecule has 0 fully saturated rings. The average molecular weight is 475 g/mol. The van der Waals surface area contributed by atoms with Crippen LogP contribution in [0.25, 0.3) is 11.1 Å². The number of carbonyl (C=O) groups is 1. The van der Waals surface area contributed by atoms with E-state index in [-0.39, 0.29) is 12.1 Å². The van der Waals surface area contributed by atoms with Crippen molar-refractivity contribution >= 4 is 5.97 Å². The first-order chi connectivity index (χ1) is 17.1. The normalized spacial score (nSPS) is 11.7. The molecule has 3 aromatic rings. The number of benzene rings is 3. The molecule has 4 heteroatoms. The number of hydrogen-bond acceptors (Lipinski definition) is 4. The summed E-state index contributed by atoms with van der Waals surface area (Å²) in [6.07, 6.45) is 7.55. The summed E-state index contributed by atoms with van der Waals surface area (Å²) >= 11 is 0. The van der Waals surface area contributed by atoms with E-state index in [1.54, 1.807) is 12.1 Å². The molecule has 0 heterocycles. The second kappa shape index (κ2) is 14.3. The van der Waals surface area contributed by atoms with E-state index in [0.717, 1.165) is 35.5 Å². The molecule has 3 rings (SSSR count). The lowest BCUT2D eigenvalue weighted by Gasteiger charge is -2.12. The molecule has 4 nitrogen and oxygen atoms in total. The molecule has 0 aliphatic carbocycles. The Morgan fingerprint density at radius 3 is 1.89 bits per heavy atom. The van der Waals surface area contributed by atoms with E-state index >= 15 is 0 Å². The van der Waals surface area contributed by atoms with Crippen LogP contribution in [-0.2, 0) is 4.74 Å². The van der Waals surface area contributed by atoms with Gasteiger partial charge in [-0.25, -0.2) is 4.79 Å². The van der Waals surface area contributed by atoms with Gasteiger partial charge < -0.3 is 14.2 Å². The molecule has 0 aliphatic heterocycles. The van der Waals surface area contributed by atoms with Crippen molar-refractivity contribution < 1.29 is 19.0 Å². The molecular formula is C31H38O4. The summed E-state index contributed by atoms with van der Waals surface area (Å²) < 4.78 is 17.0. The number of rotatable bonds is 14. The molecular weight excluding hydrogens is 436 g/mol. The van der Waals surface area contributed by atoms with Crippen LogP contribution in [0.3, 0.4) is 0 Å². The van der Waals surface area contributed by atoms with Crippen LogP contribution < -0.4 is 9.47 Å². The highest BCUT2D eigenvalue weighted by atomic mass is 16.5. The van der Waals surface area contributed by atoms with Crippen LogP contribution in [0.4, 0.5) is 0 Å². The Balaban J connectivity index is 1.48. The Hall–Kier alpha value is -3.11. The molecule has 3 aromatic carbocycles. The number of carbonyl (C=O) groups excluding carboxylic acids is 1. The smallest absolute Gasteiger partial charge is 0.343 e. The Morgan fingerprint density at radius 2 is 1.29 bits per heavy atom. The lowest BCUT2D eigenvalue weighted by Crippen LogP contribution is -2.09. The summed E-state index contributed by atoms with van der Waals surface area (Å²) in [7, 11) is 0. The maximum atomic E-state index is 12.5. The van der Waals surface area contributed by atoms with Gasteiger partial charge in [0.2, 0.25) is 0 Å². The summed E-state index contributed by atoms with van der Waals surface area (Å²) in [5.74, 6) is 1.04. The molecule has 0 aromatic heterocycles. The third-order valence-electron chi connectivity index (χ3n) is 6.05. The van der Waals surface area contributed by atoms with Gasteiger partial charge in [0.25, 0.3) is 0 Å². The third-order valence-corrected chi connectivity index (χ3v) is 6.05. The predicted octanol–water partition coefficient (Wildman–Crippen LogP) is 8.41. The van der Waals surface area contributed by atoms with Gasteiger partial charge in [-0.1, -0.05) is 75.4 Å². The van der Waals surface area contributed by atoms with Crippen LogP contribution in [0.1, 0.15) is 81.3 Å². The highest BCUT2D eigenvalue weighted by Gasteiger charge is 2.11. The minimum Gasteiger partial charge on any atom is -0.494 e. The van der Waals surface area contributed by atoms with E-state index in [1.807, 2.05) is 62.4 Å². The van der Waals surface area contributed by atoms with Crippen molar-refractivity contribution in [1.82, 2.24) is 0 Å². The molecule has 0 radical (unpaired) electrons. The fraction of sp³-hybridized carbons (Fsp3) is 0.387. The van der Waals surface area contributed by atoms with E-state index < -0.39 is 0 Å². The average Bonchev–Trinajstić information content (AvgIpc) is 2.89. The van der Waals surface area contributed by atoms with Crippen LogP contribution in [0.2, 0.25) is 0 Å². The van der Waals surface area contributed by atoms with Gasteiger partial charge in [-0.05, 0) is 73.4 Å². The second-order valence-corrected chi connectivity index (χ2v) is 8.77. The molecule has 1 atom stereocenters. The van der Waals surface area contributed by atoms with Crippen molar-refractivity contribution in [2.45, 2.75) is 65.4 Å². The van der Waals surface area contributed by atoms with E-state index in [0.29, 0.717) is 17.9 Å². The fourth-order valence-electron chi connectivity index (χ4n) is 3.93. The molecule has 0 amide bonds. The fourth-order valence-corrected chi connectivity index (χ4v) is 3.93. The van der Waals surface area contributed by atoms with Crippen molar-refractivity contribution in [3.05, 3.63) is 83.9 Å². The van der Waals surface area contributed by atoms with E-state index in [9.17, 15) is 4.79 Å². The summed E-state index contributed by atoms with van der Waals surface area (Å²) in [5, 5.41) is 0. The molecule has 0 N–H and O–H groups in total. The molecule has 0 aliphatic rings. The summed E-state index contributed by atoms with van der Waals surface area (Å²) in [4.78, 5) is 12.5. The largest absolute Gasteiger partial charge is 0.494 e. The van der Waals surface area contributed by atoms with Crippen LogP contribution in [0, 0.1) is 0 Å². The Bertz CT molecular complexity index is 1010. The summed E-state index contributed by atoms with van der Waals surface area (Å²) in [6, 6.07) is 23.1. The topological polar surface area (TPSA) is 44.8 Å². The van der Waals surface area contributed by atoms with Crippen molar-refractivity contribution in [3.8, 4) is 22.6 Å². The van der Waals surface area contributed by atoms with Crippen LogP contribution >= 0.6 is 0 Å². The Labute approximate surface area is 210 Å². The van der Waals surface area contributed by atoms with Crippen molar-refractivity contribution in [2.24, 2.45) is 0 Å². The number of hydrogen-bond donors (Lipinski definition) is 0. The first kappa shape index (κ1) is 26.5. The monoisotopic (exact) mass is 474 g/mol. The molecule has 0 spiro atoms. The zero-order valence-corrected chi connectivity index (χ0v) is 21.3. The van der Waals surface area contributed by atoms with Gasteiger partial charge >= 0.3 is 5.97 Å². The van der Waals surface area contributed by atoms with Gasteiger partial charge in [0, 0.05) is 6.61 Å². The van der Waals surface area contributed by atoms with Gasteiger partial charge in [-0.2, -0.15) is 0 Å². The molecule has 0 saturated carbocycles. The minimum absolute atomic E-state index is 0.00133. The third kappa shape index (κ3) is 8.56. The highest BCUT2D eigenvalue weighted by molar-refractivity contribution is 5.91. The van der Waals surface area contributed by atoms with E-state index in [1.165, 1.54) is 32.1 Å². The summed E-state index contributed by atoms with van der Waals surface area (Å²) in [5.41, 5.74) is 3.69. The zero-order chi connectivity index (χ0) is 24.9. The second-order valence-electron chi connectivity index (χ2n) is 8.77. The molecule has 35 heavy (non-hydrogen) atoms. The maximum Gasteiger partial charge on any atom is 0.343 e. The molecule has 186 valence electrons. The van der Waals surface area contributed by atoms with Gasteiger partial charge in [-0.3, -0.25) is 0 Å². The van der Waals surface area contributed by atoms with Gasteiger partial charge in [0.1, 0.15) is 11.5 Å². The number of unbranched alkanes of at least 4 members (excludes halogenated alkanes) is 5. The first-order valence-electron chi connectivity index (χ1n) is 12.9. The highest BCUT2D eigenvalue weighted by Crippen LogP contribution is 2.25. The van der Waals surface area contributed by atoms with Crippen molar-refractivity contribution in [2.75, 3.05) is 13.2 Å². The van der Waals surface area contributed by atoms with Crippen LogP contribution in [0.5, 0.6) is 11.5 Å². The lowest BCUT2D eigenvalue weighted by molar-refractivity contribution is 0.0729. The van der Waals surface area contributed by atoms with Crippen molar-refractivity contribution in [3.63, 3.8) is 0 Å². The Morgan fingerprint density at radius 1 is 0.714 bits per heavy atom. The standard InChI is InChI=1S/C31H38O4/c1-4-6-7-8-9-10-23-34-29-19-15-26(16-20-29)27-17-21-30(22-18-27)35-31(32)28-13-11-25(12-14-28)24(3)33-5-2/h11-22,24H,4-10,23H2,1-3H3.